The highest BCUT2D eigenvalue weighted by molar-refractivity contribution is 5.29. The highest BCUT2D eigenvalue weighted by Crippen LogP contribution is 2.37. The molecule has 1 aliphatic rings. The van der Waals surface area contributed by atoms with Crippen LogP contribution in [0.25, 0.3) is 0 Å². The van der Waals surface area contributed by atoms with Crippen LogP contribution >= 0.6 is 0 Å². The van der Waals surface area contributed by atoms with Crippen molar-refractivity contribution in [3.05, 3.63) is 34.9 Å². The van der Waals surface area contributed by atoms with Gasteiger partial charge in [0.15, 0.2) is 11.6 Å². The molecule has 2 rings (SSSR count). The number of ether oxygens (including phenoxy) is 1. The van der Waals surface area contributed by atoms with E-state index in [9.17, 15) is 8.78 Å². The summed E-state index contributed by atoms with van der Waals surface area (Å²) >= 11 is 0. The smallest absolute Gasteiger partial charge is 0.164 e. The summed E-state index contributed by atoms with van der Waals surface area (Å²) in [6.45, 7) is 2.33. The molecule has 18 heavy (non-hydrogen) atoms. The van der Waals surface area contributed by atoms with Crippen LogP contribution in [0.3, 0.4) is 0 Å². The van der Waals surface area contributed by atoms with Gasteiger partial charge in [-0.2, -0.15) is 0 Å². The van der Waals surface area contributed by atoms with E-state index in [1.807, 2.05) is 0 Å². The van der Waals surface area contributed by atoms with Crippen LogP contribution in [0.5, 0.6) is 0 Å². The molecule has 0 aliphatic heterocycles. The van der Waals surface area contributed by atoms with Crippen molar-refractivity contribution in [1.29, 1.82) is 0 Å². The standard InChI is InChI=1S/C15H20F2O/c1-10-3-5-11(6-4-10)13-8-7-12(9-18-2)14(16)15(13)17/h7-8,10-11H,3-6,9H2,1-2H3. The maximum absolute atomic E-state index is 14.0. The number of methoxy groups -OCH3 is 1. The Labute approximate surface area is 107 Å². The Morgan fingerprint density at radius 3 is 2.39 bits per heavy atom. The van der Waals surface area contributed by atoms with Crippen LogP contribution in [-0.2, 0) is 11.3 Å². The molecule has 0 spiro atoms. The first kappa shape index (κ1) is 13.5. The Kier molecular flexibility index (Phi) is 4.33. The first-order chi connectivity index (χ1) is 8.63. The molecule has 0 aromatic heterocycles. The predicted molar refractivity (Wildman–Crippen MR) is 67.4 cm³/mol. The molecule has 1 aliphatic carbocycles. The SMILES string of the molecule is COCc1ccc(C2CCC(C)CC2)c(F)c1F. The lowest BCUT2D eigenvalue weighted by Crippen LogP contribution is -2.13. The topological polar surface area (TPSA) is 9.23 Å². The molecule has 1 fully saturated rings. The van der Waals surface area contributed by atoms with E-state index in [1.165, 1.54) is 7.11 Å². The third-order valence-electron chi connectivity index (χ3n) is 3.95. The molecule has 0 bridgehead atoms. The normalized spacial score (nSPS) is 24.2. The fourth-order valence-corrected chi connectivity index (χ4v) is 2.76. The van der Waals surface area contributed by atoms with Gasteiger partial charge in [-0.1, -0.05) is 31.9 Å². The van der Waals surface area contributed by atoms with Gasteiger partial charge in [0.25, 0.3) is 0 Å². The first-order valence-corrected chi connectivity index (χ1v) is 6.59. The lowest BCUT2D eigenvalue weighted by atomic mass is 9.79. The van der Waals surface area contributed by atoms with Crippen LogP contribution in [0.2, 0.25) is 0 Å². The van der Waals surface area contributed by atoms with Gasteiger partial charge in [-0.3, -0.25) is 0 Å². The fourth-order valence-electron chi connectivity index (χ4n) is 2.76. The molecule has 1 nitrogen and oxygen atoms in total. The second-order valence-corrected chi connectivity index (χ2v) is 5.33. The van der Waals surface area contributed by atoms with Crippen molar-refractivity contribution in [2.75, 3.05) is 7.11 Å². The third-order valence-corrected chi connectivity index (χ3v) is 3.95. The lowest BCUT2D eigenvalue weighted by Gasteiger charge is -2.27. The summed E-state index contributed by atoms with van der Waals surface area (Å²) < 4.78 is 32.7. The Morgan fingerprint density at radius 2 is 1.78 bits per heavy atom. The predicted octanol–water partition coefficient (Wildman–Crippen LogP) is 4.40. The zero-order valence-corrected chi connectivity index (χ0v) is 11.0. The average Bonchev–Trinajstić information content (AvgIpc) is 2.37. The second-order valence-electron chi connectivity index (χ2n) is 5.33. The van der Waals surface area contributed by atoms with Crippen molar-refractivity contribution in [2.24, 2.45) is 5.92 Å². The van der Waals surface area contributed by atoms with E-state index in [4.69, 9.17) is 4.74 Å². The monoisotopic (exact) mass is 254 g/mol. The highest BCUT2D eigenvalue weighted by Gasteiger charge is 2.24. The molecule has 0 atom stereocenters. The molecule has 3 heteroatoms. The molecule has 1 aromatic carbocycles. The van der Waals surface area contributed by atoms with Gasteiger partial charge in [0.2, 0.25) is 0 Å². The summed E-state index contributed by atoms with van der Waals surface area (Å²) in [5.74, 6) is -0.536. The van der Waals surface area contributed by atoms with Gasteiger partial charge in [0.1, 0.15) is 0 Å². The molecule has 0 N–H and O–H groups in total. The van der Waals surface area contributed by atoms with Gasteiger partial charge in [-0.05, 0) is 30.2 Å². The summed E-state index contributed by atoms with van der Waals surface area (Å²) in [6, 6.07) is 3.38. The van der Waals surface area contributed by atoms with Crippen molar-refractivity contribution >= 4 is 0 Å². The molecule has 1 aromatic rings. The fraction of sp³-hybridized carbons (Fsp3) is 0.600. The maximum atomic E-state index is 14.0. The van der Waals surface area contributed by atoms with Crippen LogP contribution in [-0.4, -0.2) is 7.11 Å². The highest BCUT2D eigenvalue weighted by atomic mass is 19.2. The van der Waals surface area contributed by atoms with E-state index in [-0.39, 0.29) is 12.5 Å². The molecule has 0 heterocycles. The molecule has 0 radical (unpaired) electrons. The van der Waals surface area contributed by atoms with Crippen molar-refractivity contribution in [1.82, 2.24) is 0 Å². The Balaban J connectivity index is 2.21. The largest absolute Gasteiger partial charge is 0.380 e. The van der Waals surface area contributed by atoms with E-state index in [1.54, 1.807) is 12.1 Å². The Bertz CT molecular complexity index is 409. The van der Waals surface area contributed by atoms with Crippen LogP contribution < -0.4 is 0 Å². The van der Waals surface area contributed by atoms with Crippen LogP contribution in [0.15, 0.2) is 12.1 Å². The quantitative estimate of drug-likeness (QED) is 0.776. The molecule has 0 amide bonds. The minimum Gasteiger partial charge on any atom is -0.380 e. The molecule has 1 saturated carbocycles. The van der Waals surface area contributed by atoms with Crippen LogP contribution in [0, 0.1) is 17.6 Å². The third kappa shape index (κ3) is 2.72. The van der Waals surface area contributed by atoms with Crippen molar-refractivity contribution in [2.45, 2.75) is 45.1 Å². The Morgan fingerprint density at radius 1 is 1.11 bits per heavy atom. The lowest BCUT2D eigenvalue weighted by molar-refractivity contribution is 0.180. The zero-order valence-electron chi connectivity index (χ0n) is 11.0. The zero-order chi connectivity index (χ0) is 13.1. The molecule has 100 valence electrons. The van der Waals surface area contributed by atoms with Gasteiger partial charge >= 0.3 is 0 Å². The van der Waals surface area contributed by atoms with Crippen LogP contribution in [0.1, 0.15) is 49.7 Å². The van der Waals surface area contributed by atoms with Gasteiger partial charge < -0.3 is 4.74 Å². The molecular formula is C15H20F2O. The van der Waals surface area contributed by atoms with Crippen molar-refractivity contribution in [3.63, 3.8) is 0 Å². The number of benzene rings is 1. The van der Waals surface area contributed by atoms with Gasteiger partial charge in [-0.15, -0.1) is 0 Å². The van der Waals surface area contributed by atoms with Crippen molar-refractivity contribution in [3.8, 4) is 0 Å². The summed E-state index contributed by atoms with van der Waals surface area (Å²) in [5.41, 5.74) is 0.835. The van der Waals surface area contributed by atoms with Gasteiger partial charge in [0, 0.05) is 12.7 Å². The molecule has 0 saturated heterocycles. The summed E-state index contributed by atoms with van der Waals surface area (Å²) in [5, 5.41) is 0. The Hall–Kier alpha value is -0.960. The van der Waals surface area contributed by atoms with E-state index < -0.39 is 11.6 Å². The van der Waals surface area contributed by atoms with E-state index in [0.717, 1.165) is 25.7 Å². The maximum Gasteiger partial charge on any atom is 0.164 e. The van der Waals surface area contributed by atoms with E-state index in [2.05, 4.69) is 6.92 Å². The summed E-state index contributed by atoms with van der Waals surface area (Å²) in [4.78, 5) is 0. The summed E-state index contributed by atoms with van der Waals surface area (Å²) in [6.07, 6.45) is 4.12. The molecule has 0 unspecified atom stereocenters. The number of halogens is 2. The second kappa shape index (κ2) is 5.79. The number of rotatable bonds is 3. The minimum atomic E-state index is -0.743. The number of hydrogen-bond acceptors (Lipinski definition) is 1. The average molecular weight is 254 g/mol. The van der Waals surface area contributed by atoms with E-state index in [0.29, 0.717) is 17.0 Å². The van der Waals surface area contributed by atoms with Gasteiger partial charge in [-0.25, -0.2) is 8.78 Å². The first-order valence-electron chi connectivity index (χ1n) is 6.59. The van der Waals surface area contributed by atoms with E-state index >= 15 is 0 Å². The molecular weight excluding hydrogens is 234 g/mol. The van der Waals surface area contributed by atoms with Crippen molar-refractivity contribution < 1.29 is 13.5 Å². The van der Waals surface area contributed by atoms with Crippen LogP contribution in [0.4, 0.5) is 8.78 Å². The minimum absolute atomic E-state index is 0.116. The number of hydrogen-bond donors (Lipinski definition) is 0. The van der Waals surface area contributed by atoms with Gasteiger partial charge in [0.05, 0.1) is 6.61 Å². The summed E-state index contributed by atoms with van der Waals surface area (Å²) in [7, 11) is 1.48.